The Labute approximate surface area is 166 Å². The molecule has 1 aliphatic rings. The molecule has 27 heavy (non-hydrogen) atoms. The van der Waals surface area contributed by atoms with Crippen molar-refractivity contribution < 1.29 is 19.1 Å². The Hall–Kier alpha value is -2.84. The summed E-state index contributed by atoms with van der Waals surface area (Å²) >= 11 is 6.35. The molecule has 1 N–H and O–H groups in total. The van der Waals surface area contributed by atoms with E-state index in [1.165, 1.54) is 7.11 Å². The molecular weight excluding hydrogens is 384 g/mol. The average Bonchev–Trinajstić information content (AvgIpc) is 2.95. The van der Waals surface area contributed by atoms with Crippen LogP contribution in [0.25, 0.3) is 6.08 Å². The quantitative estimate of drug-likeness (QED) is 0.614. The number of hydrogen-bond donors (Lipinski definition) is 1. The van der Waals surface area contributed by atoms with Crippen molar-refractivity contribution in [3.63, 3.8) is 0 Å². The maximum Gasteiger partial charge on any atom is 0.285 e. The molecule has 138 valence electrons. The van der Waals surface area contributed by atoms with Gasteiger partial charge < -0.3 is 9.47 Å². The highest BCUT2D eigenvalue weighted by atomic mass is 32.2. The molecule has 0 unspecified atom stereocenters. The zero-order chi connectivity index (χ0) is 19.4. The second kappa shape index (κ2) is 8.24. The van der Waals surface area contributed by atoms with Crippen molar-refractivity contribution in [2.45, 2.75) is 0 Å². The van der Waals surface area contributed by atoms with Gasteiger partial charge in [0, 0.05) is 11.1 Å². The lowest BCUT2D eigenvalue weighted by Crippen LogP contribution is -2.44. The maximum absolute atomic E-state index is 12.7. The van der Waals surface area contributed by atoms with Crippen molar-refractivity contribution in [1.29, 1.82) is 0 Å². The first-order valence-corrected chi connectivity index (χ1v) is 9.12. The molecule has 0 aromatic heterocycles. The number of benzene rings is 2. The lowest BCUT2D eigenvalue weighted by atomic mass is 10.1. The highest BCUT2D eigenvalue weighted by Gasteiger charge is 2.34. The molecule has 2 aromatic rings. The van der Waals surface area contributed by atoms with Crippen LogP contribution in [0, 0.1) is 0 Å². The molecule has 2 amide bonds. The fraction of sp³-hybridized carbons (Fsp3) is 0.105. The third-order valence-electron chi connectivity index (χ3n) is 3.76. The number of methoxy groups -OCH3 is 2. The normalized spacial score (nSPS) is 15.2. The van der Waals surface area contributed by atoms with Crippen LogP contribution in [0.15, 0.2) is 53.4 Å². The van der Waals surface area contributed by atoms with Crippen LogP contribution in [-0.4, -0.2) is 35.4 Å². The van der Waals surface area contributed by atoms with Gasteiger partial charge in [-0.25, -0.2) is 0 Å². The van der Waals surface area contributed by atoms with Crippen LogP contribution in [0.1, 0.15) is 15.9 Å². The molecule has 2 aromatic carbocycles. The summed E-state index contributed by atoms with van der Waals surface area (Å²) in [6.45, 7) is 0. The Morgan fingerprint density at radius 3 is 2.52 bits per heavy atom. The Morgan fingerprint density at radius 1 is 1.11 bits per heavy atom. The molecule has 1 saturated heterocycles. The number of rotatable bonds is 5. The smallest absolute Gasteiger partial charge is 0.285 e. The Morgan fingerprint density at radius 2 is 1.85 bits per heavy atom. The number of carbonyl (C=O) groups excluding carboxylic acids is 2. The van der Waals surface area contributed by atoms with E-state index in [4.69, 9.17) is 21.7 Å². The lowest BCUT2D eigenvalue weighted by Gasteiger charge is -2.15. The van der Waals surface area contributed by atoms with Gasteiger partial charge >= 0.3 is 0 Å². The van der Waals surface area contributed by atoms with Crippen LogP contribution < -0.4 is 14.9 Å². The molecule has 1 heterocycles. The summed E-state index contributed by atoms with van der Waals surface area (Å²) in [7, 11) is 3.07. The number of ether oxygens (including phenoxy) is 2. The third kappa shape index (κ3) is 3.96. The minimum Gasteiger partial charge on any atom is -0.493 e. The molecule has 0 bridgehead atoms. The average molecular weight is 400 g/mol. The van der Waals surface area contributed by atoms with Crippen molar-refractivity contribution in [3.8, 4) is 11.5 Å². The van der Waals surface area contributed by atoms with Crippen molar-refractivity contribution in [2.24, 2.45) is 0 Å². The van der Waals surface area contributed by atoms with Crippen LogP contribution in [0.3, 0.4) is 0 Å². The highest BCUT2D eigenvalue weighted by Crippen LogP contribution is 2.36. The van der Waals surface area contributed by atoms with Crippen LogP contribution in [0.5, 0.6) is 11.5 Å². The summed E-state index contributed by atoms with van der Waals surface area (Å²) in [5.41, 5.74) is 3.66. The first-order valence-electron chi connectivity index (χ1n) is 7.90. The lowest BCUT2D eigenvalue weighted by molar-refractivity contribution is -0.123. The third-order valence-corrected chi connectivity index (χ3v) is 5.07. The Bertz CT molecular complexity index is 929. The van der Waals surface area contributed by atoms with Gasteiger partial charge in [0.2, 0.25) is 0 Å². The first-order chi connectivity index (χ1) is 13.0. The monoisotopic (exact) mass is 400 g/mol. The number of nitrogens with zero attached hydrogens (tertiary/aromatic N) is 1. The van der Waals surface area contributed by atoms with Crippen LogP contribution in [0.4, 0.5) is 0 Å². The number of carbonyl (C=O) groups is 2. The molecule has 6 nitrogen and oxygen atoms in total. The van der Waals surface area contributed by atoms with E-state index in [0.717, 1.165) is 16.8 Å². The second-order valence-electron chi connectivity index (χ2n) is 5.41. The molecule has 0 radical (unpaired) electrons. The van der Waals surface area contributed by atoms with E-state index in [0.29, 0.717) is 27.5 Å². The van der Waals surface area contributed by atoms with Crippen molar-refractivity contribution in [3.05, 3.63) is 64.6 Å². The summed E-state index contributed by atoms with van der Waals surface area (Å²) in [6.07, 6.45) is 1.66. The number of para-hydroxylation sites is 1. The first kappa shape index (κ1) is 18.9. The molecule has 3 rings (SSSR count). The van der Waals surface area contributed by atoms with Gasteiger partial charge in [-0.1, -0.05) is 42.1 Å². The summed E-state index contributed by atoms with van der Waals surface area (Å²) in [4.78, 5) is 25.4. The number of hydrazine groups is 1. The van der Waals surface area contributed by atoms with Crippen LogP contribution in [0.2, 0.25) is 0 Å². The van der Waals surface area contributed by atoms with Gasteiger partial charge in [-0.05, 0) is 36.5 Å². The molecular formula is C19H16N2O4S2. The number of amides is 2. The number of thiocarbonyl (C=S) groups is 1. The second-order valence-corrected chi connectivity index (χ2v) is 7.08. The van der Waals surface area contributed by atoms with Gasteiger partial charge in [0.25, 0.3) is 11.8 Å². The molecule has 1 fully saturated rings. The summed E-state index contributed by atoms with van der Waals surface area (Å²) in [5.74, 6) is 0.254. The number of thioether (sulfide) groups is 1. The predicted octanol–water partition coefficient (Wildman–Crippen LogP) is 3.25. The summed E-state index contributed by atoms with van der Waals surface area (Å²) < 4.78 is 10.9. The van der Waals surface area contributed by atoms with E-state index in [9.17, 15) is 9.59 Å². The number of nitrogens with one attached hydrogen (secondary N) is 1. The standard InChI is InChI=1S/C19H16N2O4S2/c1-24-14-10-6-9-13(16(14)25-2)11-15-18(23)21(19(26)27-15)20-17(22)12-7-4-3-5-8-12/h3-11H,1-2H3,(H,20,22). The predicted molar refractivity (Wildman–Crippen MR) is 108 cm³/mol. The summed E-state index contributed by atoms with van der Waals surface area (Å²) in [6, 6.07) is 14.0. The van der Waals surface area contributed by atoms with Gasteiger partial charge in [0.15, 0.2) is 15.8 Å². The van der Waals surface area contributed by atoms with E-state index in [2.05, 4.69) is 5.43 Å². The van der Waals surface area contributed by atoms with E-state index in [1.54, 1.807) is 61.7 Å². The van der Waals surface area contributed by atoms with E-state index in [1.807, 2.05) is 0 Å². The molecule has 0 saturated carbocycles. The fourth-order valence-corrected chi connectivity index (χ4v) is 3.66. The largest absolute Gasteiger partial charge is 0.493 e. The molecule has 0 aliphatic carbocycles. The van der Waals surface area contributed by atoms with E-state index < -0.39 is 11.8 Å². The van der Waals surface area contributed by atoms with Crippen LogP contribution in [-0.2, 0) is 4.79 Å². The van der Waals surface area contributed by atoms with Gasteiger partial charge in [-0.3, -0.25) is 15.0 Å². The minimum absolute atomic E-state index is 0.248. The van der Waals surface area contributed by atoms with E-state index >= 15 is 0 Å². The summed E-state index contributed by atoms with van der Waals surface area (Å²) in [5, 5.41) is 1.08. The molecule has 8 heteroatoms. The molecule has 0 spiro atoms. The van der Waals surface area contributed by atoms with Crippen molar-refractivity contribution >= 4 is 46.2 Å². The van der Waals surface area contributed by atoms with Crippen molar-refractivity contribution in [2.75, 3.05) is 14.2 Å². The Balaban J connectivity index is 1.84. The SMILES string of the molecule is COc1cccc(C=C2SC(=S)N(NC(=O)c3ccccc3)C2=O)c1OC. The molecule has 1 aliphatic heterocycles. The molecule has 0 atom stereocenters. The zero-order valence-electron chi connectivity index (χ0n) is 14.6. The topological polar surface area (TPSA) is 67.9 Å². The Kier molecular flexibility index (Phi) is 5.78. The van der Waals surface area contributed by atoms with Gasteiger partial charge in [0.05, 0.1) is 19.1 Å². The van der Waals surface area contributed by atoms with Gasteiger partial charge in [-0.2, -0.15) is 5.01 Å². The highest BCUT2D eigenvalue weighted by molar-refractivity contribution is 8.26. The fourth-order valence-electron chi connectivity index (χ4n) is 2.49. The van der Waals surface area contributed by atoms with Crippen molar-refractivity contribution in [1.82, 2.24) is 10.4 Å². The number of hydrogen-bond acceptors (Lipinski definition) is 6. The van der Waals surface area contributed by atoms with Crippen LogP contribution >= 0.6 is 24.0 Å². The minimum atomic E-state index is -0.410. The van der Waals surface area contributed by atoms with E-state index in [-0.39, 0.29) is 4.32 Å². The van der Waals surface area contributed by atoms with Gasteiger partial charge in [-0.15, -0.1) is 0 Å². The van der Waals surface area contributed by atoms with Gasteiger partial charge in [0.1, 0.15) is 0 Å². The maximum atomic E-state index is 12.7. The zero-order valence-corrected chi connectivity index (χ0v) is 16.2.